The largest absolute Gasteiger partial charge is 0.382 e. The third-order valence-electron chi connectivity index (χ3n) is 13.3. The van der Waals surface area contributed by atoms with Crippen LogP contribution in [0.15, 0.2) is 141 Å². The summed E-state index contributed by atoms with van der Waals surface area (Å²) in [6.07, 6.45) is 26.0. The Balaban J connectivity index is 0.865. The minimum absolute atomic E-state index is 0.210. The monoisotopic (exact) mass is 960 g/mol. The molecule has 3 aliphatic heterocycles. The van der Waals surface area contributed by atoms with E-state index in [1.807, 2.05) is 92.2 Å². The van der Waals surface area contributed by atoms with Crippen molar-refractivity contribution in [2.75, 3.05) is 34.5 Å². The lowest BCUT2D eigenvalue weighted by Crippen LogP contribution is -2.29. The zero-order valence-electron chi connectivity index (χ0n) is 39.9. The van der Waals surface area contributed by atoms with E-state index in [0.29, 0.717) is 39.8 Å². The van der Waals surface area contributed by atoms with Crippen LogP contribution in [0, 0.1) is 0 Å². The van der Waals surface area contributed by atoms with Crippen LogP contribution in [0.25, 0.3) is 95.4 Å². The highest BCUT2D eigenvalue weighted by molar-refractivity contribution is 6.00. The van der Waals surface area contributed by atoms with Gasteiger partial charge >= 0.3 is 0 Å². The number of nitrogens with one attached hydrogen (secondary N) is 7. The van der Waals surface area contributed by atoms with Gasteiger partial charge in [0.25, 0.3) is 0 Å². The Morgan fingerprint density at radius 2 is 1.48 bits per heavy atom. The Morgan fingerprint density at radius 3 is 2.37 bits per heavy atom. The smallest absolute Gasteiger partial charge is 0.159 e. The molecule has 0 radical (unpaired) electrons. The first-order valence-corrected chi connectivity index (χ1v) is 24.4. The molecule has 0 atom stereocenters. The van der Waals surface area contributed by atoms with E-state index in [4.69, 9.17) is 25.0 Å². The van der Waals surface area contributed by atoms with Crippen LogP contribution in [-0.2, 0) is 6.54 Å². The lowest BCUT2D eigenvalue weighted by Gasteiger charge is -2.28. The van der Waals surface area contributed by atoms with Crippen LogP contribution < -0.4 is 26.8 Å². The zero-order valence-corrected chi connectivity index (χ0v) is 39.9. The number of hydrogen-bond donors (Lipinski definition) is 7. The Labute approximate surface area is 419 Å². The van der Waals surface area contributed by atoms with Crippen LogP contribution in [0.4, 0.5) is 22.7 Å². The second-order valence-corrected chi connectivity index (χ2v) is 18.7. The molecule has 73 heavy (non-hydrogen) atoms. The average Bonchev–Trinajstić information content (AvgIpc) is 4.07. The highest BCUT2D eigenvalue weighted by Gasteiger charge is 2.27. The number of likely N-dealkylation sites (tertiary alicyclic amines) is 1. The summed E-state index contributed by atoms with van der Waals surface area (Å²) in [6, 6.07) is 20.4. The molecule has 18 nitrogen and oxygen atoms in total. The van der Waals surface area contributed by atoms with Gasteiger partial charge in [0, 0.05) is 107 Å². The van der Waals surface area contributed by atoms with E-state index in [-0.39, 0.29) is 6.04 Å². The quantitative estimate of drug-likeness (QED) is 0.0640. The standard InChI is InChI=1S/C55H48N18/c1-31(2)64-35-16-34(21-57-22-35)45-17-36-38(46-28-62-50-39(23-58-26-48(50)66-46)41-9-4-5-12-60-41)25-63-71-52(36)54(67-45)43-11-8-10-42(65-43)40-24-59-27-49-51(40)69-55(68-49)53-37-18-44(61-29-47(37)70-72-53)33-15-32(19-56-20-33)30-73-13-6-3-7-14-73/h4-5,8-12,15-29,31,62-64,66,71H,3,6-7,13-14,30H2,1-2H3,(H,68,69)(H,70,72). The Kier molecular flexibility index (Phi) is 11.0. The van der Waals surface area contributed by atoms with Crippen molar-refractivity contribution in [3.8, 4) is 67.9 Å². The van der Waals surface area contributed by atoms with Gasteiger partial charge in [0.1, 0.15) is 16.9 Å². The fourth-order valence-electron chi connectivity index (χ4n) is 9.88. The Morgan fingerprint density at radius 1 is 0.644 bits per heavy atom. The number of rotatable bonds is 11. The van der Waals surface area contributed by atoms with E-state index in [2.05, 4.69) is 105 Å². The Bertz CT molecular complexity index is 3800. The second kappa shape index (κ2) is 18.4. The number of imidazole rings is 1. The van der Waals surface area contributed by atoms with Gasteiger partial charge in [-0.3, -0.25) is 45.3 Å². The number of hydrogen-bond acceptors (Lipinski definition) is 16. The first-order valence-electron chi connectivity index (χ1n) is 24.4. The van der Waals surface area contributed by atoms with Crippen molar-refractivity contribution >= 4 is 50.3 Å². The van der Waals surface area contributed by atoms with Gasteiger partial charge in [-0.15, -0.1) is 0 Å². The van der Waals surface area contributed by atoms with Crippen molar-refractivity contribution in [3.05, 3.63) is 152 Å². The van der Waals surface area contributed by atoms with E-state index < -0.39 is 0 Å². The predicted octanol–water partition coefficient (Wildman–Crippen LogP) is 10.1. The second-order valence-electron chi connectivity index (χ2n) is 18.7. The molecule has 10 aromatic rings. The molecule has 0 amide bonds. The number of nitrogens with zero attached hydrogens (tertiary/aromatic N) is 11. The molecule has 18 heteroatoms. The summed E-state index contributed by atoms with van der Waals surface area (Å²) in [4.78, 5) is 49.7. The van der Waals surface area contributed by atoms with Crippen molar-refractivity contribution in [2.45, 2.75) is 45.7 Å². The van der Waals surface area contributed by atoms with Gasteiger partial charge < -0.3 is 26.4 Å². The number of hydrazine groups is 1. The number of fused-ring (bicyclic) bond motifs is 4. The van der Waals surface area contributed by atoms with Crippen LogP contribution in [-0.4, -0.2) is 84.1 Å². The summed E-state index contributed by atoms with van der Waals surface area (Å²) in [5, 5.41) is 19.5. The third-order valence-corrected chi connectivity index (χ3v) is 13.3. The molecule has 7 N–H and O–H groups in total. The predicted molar refractivity (Wildman–Crippen MR) is 285 cm³/mol. The molecule has 358 valence electrons. The maximum atomic E-state index is 5.34. The molecule has 13 rings (SSSR count). The minimum atomic E-state index is 0.210. The minimum Gasteiger partial charge on any atom is -0.382 e. The van der Waals surface area contributed by atoms with Crippen LogP contribution >= 0.6 is 0 Å². The van der Waals surface area contributed by atoms with Crippen molar-refractivity contribution in [3.63, 3.8) is 0 Å². The molecule has 0 saturated carbocycles. The van der Waals surface area contributed by atoms with E-state index in [0.717, 1.165) is 109 Å². The maximum Gasteiger partial charge on any atom is 0.159 e. The molecular formula is C55H48N18. The zero-order chi connectivity index (χ0) is 48.8. The van der Waals surface area contributed by atoms with E-state index in [1.54, 1.807) is 18.6 Å². The molecule has 1 saturated heterocycles. The van der Waals surface area contributed by atoms with E-state index in [1.165, 1.54) is 24.8 Å². The van der Waals surface area contributed by atoms with Crippen LogP contribution in [0.3, 0.4) is 0 Å². The van der Waals surface area contributed by atoms with Crippen LogP contribution in [0.5, 0.6) is 0 Å². The molecule has 0 bridgehead atoms. The summed E-state index contributed by atoms with van der Waals surface area (Å²) >= 11 is 0. The molecule has 0 aliphatic carbocycles. The molecule has 0 unspecified atom stereocenters. The molecule has 3 aliphatic rings. The lowest BCUT2D eigenvalue weighted by molar-refractivity contribution is 0.220. The van der Waals surface area contributed by atoms with Crippen molar-refractivity contribution < 1.29 is 0 Å². The van der Waals surface area contributed by atoms with E-state index >= 15 is 0 Å². The highest BCUT2D eigenvalue weighted by atomic mass is 15.4. The number of piperidine rings is 1. The third kappa shape index (κ3) is 8.38. The number of anilines is 4. The molecule has 13 heterocycles. The number of H-pyrrole nitrogens is 2. The number of aromatic nitrogens is 12. The van der Waals surface area contributed by atoms with Gasteiger partial charge in [-0.05, 0) is 93.9 Å². The fourth-order valence-corrected chi connectivity index (χ4v) is 9.88. The average molecular weight is 961 g/mol. The van der Waals surface area contributed by atoms with Crippen molar-refractivity contribution in [1.82, 2.24) is 70.4 Å². The first kappa shape index (κ1) is 43.6. The van der Waals surface area contributed by atoms with Gasteiger partial charge in [-0.1, -0.05) is 18.6 Å². The van der Waals surface area contributed by atoms with Gasteiger partial charge in [0.2, 0.25) is 0 Å². The number of pyridine rings is 8. The molecule has 0 spiro atoms. The normalized spacial score (nSPS) is 14.3. The van der Waals surface area contributed by atoms with Gasteiger partial charge in [0.05, 0.1) is 86.5 Å². The summed E-state index contributed by atoms with van der Waals surface area (Å²) in [5.74, 6) is 0.591. The van der Waals surface area contributed by atoms with Crippen LogP contribution in [0.1, 0.15) is 44.2 Å². The molecule has 1 fully saturated rings. The Hall–Kier alpha value is -9.42. The summed E-state index contributed by atoms with van der Waals surface area (Å²) in [7, 11) is 0. The van der Waals surface area contributed by atoms with Gasteiger partial charge in [-0.25, -0.2) is 15.0 Å². The van der Waals surface area contributed by atoms with Crippen molar-refractivity contribution in [2.24, 2.45) is 0 Å². The maximum absolute atomic E-state index is 5.34. The van der Waals surface area contributed by atoms with Gasteiger partial charge in [0.15, 0.2) is 5.82 Å². The van der Waals surface area contributed by atoms with E-state index in [9.17, 15) is 0 Å². The SMILES string of the molecule is CC(C)Nc1cncc(-c2cc3c(c(-c4cccc(-c5cncc6[nH]c(-c7n[nH]c8cnc(-c9cncc(CN%10CCCCC%10)c9)cc78)nc56)n4)n2)NNC=C3C2=CNc3c(cncc3-c3ccccn3)N2)c1. The summed E-state index contributed by atoms with van der Waals surface area (Å²) in [6.45, 7) is 7.32. The van der Waals surface area contributed by atoms with Gasteiger partial charge in [-0.2, -0.15) is 5.10 Å². The number of allylic oxidation sites excluding steroid dienone is 1. The molecular weight excluding hydrogens is 913 g/mol. The van der Waals surface area contributed by atoms with Crippen LogP contribution in [0.2, 0.25) is 0 Å². The highest BCUT2D eigenvalue weighted by Crippen LogP contribution is 2.43. The molecule has 10 aromatic heterocycles. The summed E-state index contributed by atoms with van der Waals surface area (Å²) in [5.41, 5.74) is 24.4. The topological polar surface area (TPSA) is 224 Å². The lowest BCUT2D eigenvalue weighted by atomic mass is 9.96. The molecule has 0 aromatic carbocycles. The number of aromatic amines is 2. The first-order chi connectivity index (χ1) is 36.0. The van der Waals surface area contributed by atoms with Crippen molar-refractivity contribution in [1.29, 1.82) is 0 Å². The summed E-state index contributed by atoms with van der Waals surface area (Å²) < 4.78 is 0. The fraction of sp³-hybridized carbons (Fsp3) is 0.164.